The maximum atomic E-state index is 13.0. The Morgan fingerprint density at radius 1 is 1.13 bits per heavy atom. The molecule has 0 radical (unpaired) electrons. The third-order valence-electron chi connectivity index (χ3n) is 6.23. The lowest BCUT2D eigenvalue weighted by Crippen LogP contribution is -2.43. The van der Waals surface area contributed by atoms with Crippen molar-refractivity contribution in [2.75, 3.05) is 6.54 Å². The van der Waals surface area contributed by atoms with Gasteiger partial charge in [-0.1, -0.05) is 49.8 Å². The van der Waals surface area contributed by atoms with Crippen LogP contribution in [0.2, 0.25) is 0 Å². The number of fused-ring (bicyclic) bond motifs is 2. The summed E-state index contributed by atoms with van der Waals surface area (Å²) in [7, 11) is -3.28. The largest absolute Gasteiger partial charge is 0.243 e. The van der Waals surface area contributed by atoms with Gasteiger partial charge in [-0.3, -0.25) is 0 Å². The number of benzene rings is 1. The average Bonchev–Trinajstić information content (AvgIpc) is 2.92. The molecule has 23 heavy (non-hydrogen) atoms. The van der Waals surface area contributed by atoms with E-state index in [2.05, 4.69) is 6.07 Å². The van der Waals surface area contributed by atoms with E-state index in [9.17, 15) is 8.42 Å². The smallest absolute Gasteiger partial charge is 0.207 e. The number of nitrogens with zero attached hydrogens (tertiary/aromatic N) is 1. The number of hydrogen-bond acceptors (Lipinski definition) is 2. The van der Waals surface area contributed by atoms with Gasteiger partial charge in [0.15, 0.2) is 0 Å². The van der Waals surface area contributed by atoms with Crippen LogP contribution in [-0.4, -0.2) is 25.3 Å². The zero-order chi connectivity index (χ0) is 16.0. The fourth-order valence-corrected chi connectivity index (χ4v) is 6.97. The molecule has 1 saturated heterocycles. The highest BCUT2D eigenvalue weighted by atomic mass is 32.2. The van der Waals surface area contributed by atoms with Crippen LogP contribution in [0.3, 0.4) is 0 Å². The lowest BCUT2D eigenvalue weighted by atomic mass is 9.79. The predicted molar refractivity (Wildman–Crippen MR) is 91.9 cm³/mol. The van der Waals surface area contributed by atoms with Gasteiger partial charge < -0.3 is 0 Å². The molecular formula is C19H27NO2S. The molecule has 2 fully saturated rings. The van der Waals surface area contributed by atoms with Crippen molar-refractivity contribution in [2.24, 2.45) is 11.8 Å². The number of rotatable bonds is 2. The molecule has 2 aliphatic heterocycles. The Labute approximate surface area is 140 Å². The van der Waals surface area contributed by atoms with Crippen molar-refractivity contribution in [3.63, 3.8) is 0 Å². The Kier molecular flexibility index (Phi) is 4.01. The van der Waals surface area contributed by atoms with Gasteiger partial charge in [0, 0.05) is 12.6 Å². The summed E-state index contributed by atoms with van der Waals surface area (Å²) in [6.07, 6.45) is 10.0. The molecule has 0 unspecified atom stereocenters. The van der Waals surface area contributed by atoms with Crippen molar-refractivity contribution in [3.8, 4) is 0 Å². The van der Waals surface area contributed by atoms with Crippen LogP contribution in [0.1, 0.15) is 56.1 Å². The molecule has 0 aromatic heterocycles. The summed E-state index contributed by atoms with van der Waals surface area (Å²) in [6, 6.07) is 6.02. The van der Waals surface area contributed by atoms with Gasteiger partial charge in [0.05, 0.1) is 4.90 Å². The average molecular weight is 333 g/mol. The normalized spacial score (nSPS) is 30.8. The summed E-state index contributed by atoms with van der Waals surface area (Å²) < 4.78 is 27.7. The molecule has 0 bridgehead atoms. The molecule has 3 nitrogen and oxygen atoms in total. The second kappa shape index (κ2) is 5.89. The number of sulfonamides is 1. The van der Waals surface area contributed by atoms with Gasteiger partial charge in [-0.05, 0) is 49.7 Å². The minimum atomic E-state index is -3.28. The van der Waals surface area contributed by atoms with Gasteiger partial charge >= 0.3 is 0 Å². The minimum Gasteiger partial charge on any atom is -0.207 e. The molecule has 3 aliphatic rings. The molecule has 126 valence electrons. The Hall–Kier alpha value is -0.870. The lowest BCUT2D eigenvalue weighted by Gasteiger charge is -2.35. The molecule has 2 atom stereocenters. The third-order valence-corrected chi connectivity index (χ3v) is 8.25. The molecular weight excluding hydrogens is 306 g/mol. The maximum absolute atomic E-state index is 13.0. The van der Waals surface area contributed by atoms with Crippen LogP contribution < -0.4 is 0 Å². The Bertz CT molecular complexity index is 691. The van der Waals surface area contributed by atoms with Crippen molar-refractivity contribution >= 4 is 10.0 Å². The second-order valence-corrected chi connectivity index (χ2v) is 9.65. The summed E-state index contributed by atoms with van der Waals surface area (Å²) in [6.45, 7) is 2.77. The monoisotopic (exact) mass is 333 g/mol. The van der Waals surface area contributed by atoms with Crippen LogP contribution in [-0.2, 0) is 16.4 Å². The fourth-order valence-electron chi connectivity index (χ4n) is 5.05. The summed E-state index contributed by atoms with van der Waals surface area (Å²) >= 11 is 0. The number of aryl methyl sites for hydroxylation is 1. The van der Waals surface area contributed by atoms with E-state index < -0.39 is 10.0 Å². The molecule has 0 N–H and O–H groups in total. The quantitative estimate of drug-likeness (QED) is 0.823. The Morgan fingerprint density at radius 3 is 2.70 bits per heavy atom. The van der Waals surface area contributed by atoms with Crippen molar-refractivity contribution in [3.05, 3.63) is 29.3 Å². The first-order chi connectivity index (χ1) is 11.1. The van der Waals surface area contributed by atoms with Crippen LogP contribution in [0.25, 0.3) is 0 Å². The lowest BCUT2D eigenvalue weighted by molar-refractivity contribution is 0.245. The van der Waals surface area contributed by atoms with E-state index >= 15 is 0 Å². The van der Waals surface area contributed by atoms with Crippen molar-refractivity contribution in [1.29, 1.82) is 0 Å². The molecule has 4 heteroatoms. The molecule has 1 saturated carbocycles. The topological polar surface area (TPSA) is 37.4 Å². The zero-order valence-electron chi connectivity index (χ0n) is 14.0. The van der Waals surface area contributed by atoms with E-state index in [4.69, 9.17) is 0 Å². The molecule has 0 amide bonds. The van der Waals surface area contributed by atoms with Gasteiger partial charge in [-0.15, -0.1) is 0 Å². The SMILES string of the molecule is Cc1ccc2c(c1)C[C@H]1[C@H](CC3CCCCC3)CCN1S2(=O)=O. The van der Waals surface area contributed by atoms with E-state index in [0.29, 0.717) is 10.8 Å². The standard InChI is InChI=1S/C19H27NO2S/c1-14-7-8-19-17(11-14)13-18-16(9-10-20(18)23(19,21)22)12-15-5-3-2-4-6-15/h7-8,11,15-16,18H,2-6,9-10,12-13H2,1H3/t16-,18-/m0/s1. The summed E-state index contributed by atoms with van der Waals surface area (Å²) in [5.74, 6) is 1.39. The van der Waals surface area contributed by atoms with Gasteiger partial charge in [0.2, 0.25) is 10.0 Å². The molecule has 4 rings (SSSR count). The summed E-state index contributed by atoms with van der Waals surface area (Å²) in [5.41, 5.74) is 2.20. The van der Waals surface area contributed by atoms with Crippen LogP contribution in [0.4, 0.5) is 0 Å². The van der Waals surface area contributed by atoms with Gasteiger partial charge in [0.25, 0.3) is 0 Å². The fraction of sp³-hybridized carbons (Fsp3) is 0.684. The Morgan fingerprint density at radius 2 is 1.91 bits per heavy atom. The van der Waals surface area contributed by atoms with Crippen molar-refractivity contribution in [1.82, 2.24) is 4.31 Å². The van der Waals surface area contributed by atoms with Gasteiger partial charge in [-0.2, -0.15) is 4.31 Å². The van der Waals surface area contributed by atoms with Crippen LogP contribution in [0.15, 0.2) is 23.1 Å². The Balaban J connectivity index is 1.60. The van der Waals surface area contributed by atoms with Crippen LogP contribution in [0.5, 0.6) is 0 Å². The number of hydrogen-bond donors (Lipinski definition) is 0. The third kappa shape index (κ3) is 2.74. The molecule has 1 aromatic rings. The van der Waals surface area contributed by atoms with E-state index in [1.54, 1.807) is 0 Å². The predicted octanol–water partition coefficient (Wildman–Crippen LogP) is 3.90. The van der Waals surface area contributed by atoms with Crippen LogP contribution in [0, 0.1) is 18.8 Å². The van der Waals surface area contributed by atoms with E-state index in [1.165, 1.54) is 38.5 Å². The maximum Gasteiger partial charge on any atom is 0.243 e. The van der Waals surface area contributed by atoms with Crippen molar-refractivity contribution in [2.45, 2.75) is 69.2 Å². The second-order valence-electron chi connectivity index (χ2n) is 7.79. The highest BCUT2D eigenvalue weighted by Gasteiger charge is 2.46. The summed E-state index contributed by atoms with van der Waals surface area (Å²) in [4.78, 5) is 0.553. The van der Waals surface area contributed by atoms with Crippen molar-refractivity contribution < 1.29 is 8.42 Å². The van der Waals surface area contributed by atoms with Gasteiger partial charge in [0.1, 0.15) is 0 Å². The minimum absolute atomic E-state index is 0.205. The molecule has 1 aromatic carbocycles. The molecule has 2 heterocycles. The molecule has 1 aliphatic carbocycles. The molecule has 0 spiro atoms. The highest BCUT2D eigenvalue weighted by Crippen LogP contribution is 2.42. The van der Waals surface area contributed by atoms with E-state index in [0.717, 1.165) is 36.4 Å². The summed E-state index contributed by atoms with van der Waals surface area (Å²) in [5, 5.41) is 0. The first-order valence-corrected chi connectivity index (χ1v) is 10.6. The van der Waals surface area contributed by atoms with E-state index in [1.807, 2.05) is 23.4 Å². The first kappa shape index (κ1) is 15.6. The highest BCUT2D eigenvalue weighted by molar-refractivity contribution is 7.89. The van der Waals surface area contributed by atoms with Gasteiger partial charge in [-0.25, -0.2) is 8.42 Å². The van der Waals surface area contributed by atoms with E-state index in [-0.39, 0.29) is 6.04 Å². The van der Waals surface area contributed by atoms with Crippen LogP contribution >= 0.6 is 0 Å². The first-order valence-electron chi connectivity index (χ1n) is 9.17. The zero-order valence-corrected chi connectivity index (χ0v) is 14.8.